The lowest BCUT2D eigenvalue weighted by molar-refractivity contribution is -0.155. The molecule has 10 nitrogen and oxygen atoms in total. The van der Waals surface area contributed by atoms with Gasteiger partial charge in [0.25, 0.3) is 5.91 Å². The number of piperazine rings is 1. The zero-order valence-corrected chi connectivity index (χ0v) is 25.9. The number of hydrogen-bond acceptors (Lipinski definition) is 7. The molecule has 3 atom stereocenters. The largest absolute Gasteiger partial charge is 0.489 e. The van der Waals surface area contributed by atoms with Gasteiger partial charge in [-0.1, -0.05) is 30.3 Å². The standard InChI is InChI=1S/C31H42N4O6S/c1-21(33-15-17-34(18-16-33)42(5)39)23-11-9-22(10-12-23)20-40-27-8-6-7-24-25(27)19-35(30(24)38)26(29(32)37)13-14-28(36)41-31(2,3)4/h6-12,21,26H,13-20H2,1-5H3,(H2,32,37)/t21-,26+,42?/m1/s1. The van der Waals surface area contributed by atoms with Crippen LogP contribution in [-0.4, -0.2) is 80.2 Å². The molecule has 228 valence electrons. The number of rotatable bonds is 11. The fourth-order valence-electron chi connectivity index (χ4n) is 5.42. The van der Waals surface area contributed by atoms with E-state index in [1.165, 1.54) is 10.5 Å². The Bertz CT molecular complexity index is 1320. The second-order valence-electron chi connectivity index (χ2n) is 11.9. The third-order valence-electron chi connectivity index (χ3n) is 7.74. The van der Waals surface area contributed by atoms with Crippen LogP contribution < -0.4 is 10.5 Å². The van der Waals surface area contributed by atoms with Crippen molar-refractivity contribution in [1.82, 2.24) is 14.1 Å². The summed E-state index contributed by atoms with van der Waals surface area (Å²) in [5.41, 5.74) is 8.38. The van der Waals surface area contributed by atoms with Crippen molar-refractivity contribution in [3.8, 4) is 5.75 Å². The molecule has 0 aliphatic carbocycles. The van der Waals surface area contributed by atoms with Crippen molar-refractivity contribution in [3.05, 3.63) is 64.7 Å². The number of benzene rings is 2. The minimum absolute atomic E-state index is 0.0289. The van der Waals surface area contributed by atoms with E-state index in [2.05, 4.69) is 24.0 Å². The highest BCUT2D eigenvalue weighted by Crippen LogP contribution is 2.33. The summed E-state index contributed by atoms with van der Waals surface area (Å²) in [7, 11) is -0.927. The minimum atomic E-state index is -0.938. The SMILES string of the molecule is C[C@H](c1ccc(COc2cccc3c2CN([C@@H](CCC(=O)OC(C)(C)C)C(N)=O)C3=O)cc1)N1CCN(S(C)=O)CC1. The van der Waals surface area contributed by atoms with E-state index in [1.807, 2.05) is 22.5 Å². The molecule has 0 saturated carbocycles. The molecule has 11 heteroatoms. The van der Waals surface area contributed by atoms with Gasteiger partial charge in [-0.25, -0.2) is 8.51 Å². The van der Waals surface area contributed by atoms with E-state index in [0.29, 0.717) is 23.5 Å². The maximum Gasteiger partial charge on any atom is 0.306 e. The molecule has 42 heavy (non-hydrogen) atoms. The molecular weight excluding hydrogens is 556 g/mol. The number of nitrogens with zero attached hydrogens (tertiary/aromatic N) is 3. The number of fused-ring (bicyclic) bond motifs is 1. The quantitative estimate of drug-likeness (QED) is 0.394. The Kier molecular flexibility index (Phi) is 10.1. The van der Waals surface area contributed by atoms with E-state index in [4.69, 9.17) is 15.2 Å². The third-order valence-corrected chi connectivity index (χ3v) is 8.83. The lowest BCUT2D eigenvalue weighted by Gasteiger charge is -2.37. The summed E-state index contributed by atoms with van der Waals surface area (Å²) in [5.74, 6) is -0.854. The number of nitrogens with two attached hydrogens (primary N) is 1. The van der Waals surface area contributed by atoms with Crippen LogP contribution >= 0.6 is 0 Å². The predicted molar refractivity (Wildman–Crippen MR) is 161 cm³/mol. The molecule has 1 fully saturated rings. The number of carbonyl (C=O) groups is 3. The average molecular weight is 599 g/mol. The molecule has 0 aromatic heterocycles. The molecule has 2 amide bonds. The van der Waals surface area contributed by atoms with E-state index >= 15 is 0 Å². The number of esters is 1. The van der Waals surface area contributed by atoms with Crippen molar-refractivity contribution in [2.24, 2.45) is 5.73 Å². The first kappa shape index (κ1) is 31.7. The highest BCUT2D eigenvalue weighted by atomic mass is 32.2. The normalized spacial score (nSPS) is 18.3. The lowest BCUT2D eigenvalue weighted by Crippen LogP contribution is -2.47. The Morgan fingerprint density at radius 2 is 1.71 bits per heavy atom. The fourth-order valence-corrected chi connectivity index (χ4v) is 6.10. The number of ether oxygens (including phenoxy) is 2. The summed E-state index contributed by atoms with van der Waals surface area (Å²) in [4.78, 5) is 41.6. The molecule has 1 unspecified atom stereocenters. The second-order valence-corrected chi connectivity index (χ2v) is 13.2. The third kappa shape index (κ3) is 7.76. The van der Waals surface area contributed by atoms with Gasteiger partial charge in [-0.3, -0.25) is 19.3 Å². The fraction of sp³-hybridized carbons (Fsp3) is 0.516. The summed E-state index contributed by atoms with van der Waals surface area (Å²) in [6.45, 7) is 11.3. The first-order chi connectivity index (χ1) is 19.8. The number of carbonyl (C=O) groups excluding carboxylic acids is 3. The molecule has 2 heterocycles. The van der Waals surface area contributed by atoms with Crippen LogP contribution in [0.25, 0.3) is 0 Å². The van der Waals surface area contributed by atoms with Gasteiger partial charge < -0.3 is 20.1 Å². The van der Waals surface area contributed by atoms with Crippen LogP contribution in [0.4, 0.5) is 0 Å². The van der Waals surface area contributed by atoms with Crippen LogP contribution in [0.2, 0.25) is 0 Å². The molecular formula is C31H42N4O6S. The molecule has 2 aromatic rings. The Hall–Kier alpha value is -3.28. The van der Waals surface area contributed by atoms with Gasteiger partial charge in [0.2, 0.25) is 5.91 Å². The van der Waals surface area contributed by atoms with Crippen LogP contribution in [0.15, 0.2) is 42.5 Å². The van der Waals surface area contributed by atoms with Crippen molar-refractivity contribution in [3.63, 3.8) is 0 Å². The molecule has 0 bridgehead atoms. The van der Waals surface area contributed by atoms with Gasteiger partial charge in [0, 0.05) is 56.0 Å². The van der Waals surface area contributed by atoms with Crippen LogP contribution in [0.3, 0.4) is 0 Å². The van der Waals surface area contributed by atoms with Crippen LogP contribution in [-0.2, 0) is 38.5 Å². The molecule has 0 spiro atoms. The first-order valence-electron chi connectivity index (χ1n) is 14.3. The topological polar surface area (TPSA) is 122 Å². The maximum atomic E-state index is 13.3. The molecule has 2 aliphatic heterocycles. The number of hydrogen-bond donors (Lipinski definition) is 1. The van der Waals surface area contributed by atoms with E-state index in [1.54, 1.807) is 39.2 Å². The minimum Gasteiger partial charge on any atom is -0.489 e. The van der Waals surface area contributed by atoms with E-state index in [-0.39, 0.29) is 31.3 Å². The van der Waals surface area contributed by atoms with Crippen molar-refractivity contribution in [1.29, 1.82) is 0 Å². The number of amides is 2. The maximum absolute atomic E-state index is 13.3. The van der Waals surface area contributed by atoms with Crippen LogP contribution in [0, 0.1) is 0 Å². The summed E-state index contributed by atoms with van der Waals surface area (Å²) in [5, 5.41) is 0. The smallest absolute Gasteiger partial charge is 0.306 e. The van der Waals surface area contributed by atoms with Crippen LogP contribution in [0.5, 0.6) is 5.75 Å². The van der Waals surface area contributed by atoms with Crippen molar-refractivity contribution in [2.45, 2.75) is 71.4 Å². The van der Waals surface area contributed by atoms with Crippen molar-refractivity contribution in [2.75, 3.05) is 32.4 Å². The molecule has 2 N–H and O–H groups in total. The summed E-state index contributed by atoms with van der Waals surface area (Å²) in [6.07, 6.45) is 1.78. The van der Waals surface area contributed by atoms with E-state index < -0.39 is 34.5 Å². The van der Waals surface area contributed by atoms with Gasteiger partial charge in [0.05, 0.1) is 17.5 Å². The van der Waals surface area contributed by atoms with Crippen molar-refractivity contribution >= 4 is 28.8 Å². The summed E-state index contributed by atoms with van der Waals surface area (Å²) < 4.78 is 25.2. The molecule has 0 radical (unpaired) electrons. The Morgan fingerprint density at radius 1 is 1.05 bits per heavy atom. The zero-order valence-electron chi connectivity index (χ0n) is 25.1. The average Bonchev–Trinajstić information content (AvgIpc) is 3.27. The Morgan fingerprint density at radius 3 is 2.31 bits per heavy atom. The van der Waals surface area contributed by atoms with Gasteiger partial charge in [0.15, 0.2) is 0 Å². The lowest BCUT2D eigenvalue weighted by atomic mass is 10.0. The zero-order chi connectivity index (χ0) is 30.6. The summed E-state index contributed by atoms with van der Waals surface area (Å²) >= 11 is 0. The van der Waals surface area contributed by atoms with E-state index in [0.717, 1.165) is 31.7 Å². The molecule has 1 saturated heterocycles. The van der Waals surface area contributed by atoms with Gasteiger partial charge in [0.1, 0.15) is 24.0 Å². The molecule has 2 aliphatic rings. The highest BCUT2D eigenvalue weighted by molar-refractivity contribution is 7.81. The Balaban J connectivity index is 1.37. The van der Waals surface area contributed by atoms with E-state index in [9.17, 15) is 18.6 Å². The van der Waals surface area contributed by atoms with Gasteiger partial charge in [-0.2, -0.15) is 0 Å². The second kappa shape index (κ2) is 13.4. The predicted octanol–water partition coefficient (Wildman–Crippen LogP) is 3.17. The van der Waals surface area contributed by atoms with Gasteiger partial charge >= 0.3 is 5.97 Å². The van der Waals surface area contributed by atoms with Crippen molar-refractivity contribution < 1.29 is 28.1 Å². The Labute approximate surface area is 250 Å². The van der Waals surface area contributed by atoms with Gasteiger partial charge in [-0.05, 0) is 57.4 Å². The first-order valence-corrected chi connectivity index (χ1v) is 15.8. The monoisotopic (exact) mass is 598 g/mol. The highest BCUT2D eigenvalue weighted by Gasteiger charge is 2.37. The summed E-state index contributed by atoms with van der Waals surface area (Å²) in [6, 6.07) is 12.9. The molecule has 4 rings (SSSR count). The van der Waals surface area contributed by atoms with Gasteiger partial charge in [-0.15, -0.1) is 0 Å². The van der Waals surface area contributed by atoms with Crippen LogP contribution in [0.1, 0.15) is 73.6 Å². The molecule has 2 aromatic carbocycles. The number of primary amides is 1.